The lowest BCUT2D eigenvalue weighted by atomic mass is 10.1. The van der Waals surface area contributed by atoms with Crippen molar-refractivity contribution in [2.75, 3.05) is 26.9 Å². The first kappa shape index (κ1) is 15.1. The van der Waals surface area contributed by atoms with Gasteiger partial charge in [-0.3, -0.25) is 0 Å². The van der Waals surface area contributed by atoms with E-state index < -0.39 is 0 Å². The molecule has 1 saturated heterocycles. The second kappa shape index (κ2) is 7.50. The van der Waals surface area contributed by atoms with E-state index in [1.54, 1.807) is 7.11 Å². The van der Waals surface area contributed by atoms with Gasteiger partial charge in [0.05, 0.1) is 20.3 Å². The normalized spacial score (nSPS) is 19.9. The predicted octanol–water partition coefficient (Wildman–Crippen LogP) is 2.92. The molecule has 2 rings (SSSR count). The third kappa shape index (κ3) is 3.87. The van der Waals surface area contributed by atoms with Gasteiger partial charge in [0, 0.05) is 24.1 Å². The van der Waals surface area contributed by atoms with Crippen molar-refractivity contribution in [3.05, 3.63) is 23.8 Å². The van der Waals surface area contributed by atoms with Gasteiger partial charge < -0.3 is 19.5 Å². The van der Waals surface area contributed by atoms with E-state index in [4.69, 9.17) is 14.2 Å². The Bertz CT molecular complexity index is 416. The molecule has 2 unspecified atom stereocenters. The lowest BCUT2D eigenvalue weighted by Gasteiger charge is -2.21. The number of benzene rings is 1. The summed E-state index contributed by atoms with van der Waals surface area (Å²) in [5.74, 6) is 1.72. The summed E-state index contributed by atoms with van der Waals surface area (Å²) in [6.07, 6.45) is 2.22. The van der Waals surface area contributed by atoms with Crippen molar-refractivity contribution in [2.24, 2.45) is 0 Å². The van der Waals surface area contributed by atoms with Gasteiger partial charge in [0.1, 0.15) is 17.6 Å². The van der Waals surface area contributed by atoms with Gasteiger partial charge in [-0.25, -0.2) is 0 Å². The largest absolute Gasteiger partial charge is 0.497 e. The van der Waals surface area contributed by atoms with Gasteiger partial charge in [-0.15, -0.1) is 0 Å². The fourth-order valence-electron chi connectivity index (χ4n) is 2.36. The van der Waals surface area contributed by atoms with Crippen LogP contribution < -0.4 is 14.8 Å². The van der Waals surface area contributed by atoms with E-state index in [9.17, 15) is 0 Å². The molecule has 1 heterocycles. The van der Waals surface area contributed by atoms with E-state index in [-0.39, 0.29) is 12.1 Å². The van der Waals surface area contributed by atoms with Crippen LogP contribution in [0.25, 0.3) is 0 Å². The van der Waals surface area contributed by atoms with E-state index in [0.717, 1.165) is 37.5 Å². The molecule has 0 aromatic heterocycles. The molecule has 20 heavy (non-hydrogen) atoms. The fraction of sp³-hybridized carbons (Fsp3) is 0.625. The second-order valence-corrected chi connectivity index (χ2v) is 5.18. The number of ether oxygens (including phenoxy) is 3. The van der Waals surface area contributed by atoms with Crippen LogP contribution in [0.4, 0.5) is 0 Å². The van der Waals surface area contributed by atoms with Crippen LogP contribution in [0, 0.1) is 0 Å². The summed E-state index contributed by atoms with van der Waals surface area (Å²) >= 11 is 0. The topological polar surface area (TPSA) is 39.7 Å². The average molecular weight is 279 g/mol. The molecule has 1 aromatic carbocycles. The summed E-state index contributed by atoms with van der Waals surface area (Å²) in [6.45, 7) is 6.79. The lowest BCUT2D eigenvalue weighted by molar-refractivity contribution is 0.140. The molecule has 0 saturated carbocycles. The molecule has 0 aliphatic carbocycles. The van der Waals surface area contributed by atoms with Gasteiger partial charge in [0.15, 0.2) is 0 Å². The van der Waals surface area contributed by atoms with Crippen LogP contribution in [0.5, 0.6) is 11.5 Å². The quantitative estimate of drug-likeness (QED) is 0.833. The monoisotopic (exact) mass is 279 g/mol. The first-order valence-electron chi connectivity index (χ1n) is 7.40. The van der Waals surface area contributed by atoms with Crippen molar-refractivity contribution in [1.29, 1.82) is 0 Å². The van der Waals surface area contributed by atoms with Crippen molar-refractivity contribution in [2.45, 2.75) is 38.8 Å². The van der Waals surface area contributed by atoms with E-state index >= 15 is 0 Å². The van der Waals surface area contributed by atoms with Crippen LogP contribution in [0.3, 0.4) is 0 Å². The van der Waals surface area contributed by atoms with Gasteiger partial charge in [-0.2, -0.15) is 0 Å². The smallest absolute Gasteiger partial charge is 0.128 e. The van der Waals surface area contributed by atoms with Gasteiger partial charge in [-0.05, 0) is 26.0 Å². The maximum absolute atomic E-state index is 6.11. The minimum atomic E-state index is 0.152. The van der Waals surface area contributed by atoms with Crippen molar-refractivity contribution in [3.8, 4) is 11.5 Å². The van der Waals surface area contributed by atoms with Crippen molar-refractivity contribution < 1.29 is 14.2 Å². The van der Waals surface area contributed by atoms with E-state index in [1.165, 1.54) is 5.56 Å². The summed E-state index contributed by atoms with van der Waals surface area (Å²) in [5.41, 5.74) is 1.17. The molecular weight excluding hydrogens is 254 g/mol. The van der Waals surface area contributed by atoms with Crippen LogP contribution in [-0.4, -0.2) is 33.0 Å². The molecule has 0 spiro atoms. The Labute approximate surface area is 121 Å². The van der Waals surface area contributed by atoms with E-state index in [0.29, 0.717) is 6.61 Å². The highest BCUT2D eigenvalue weighted by molar-refractivity contribution is 5.42. The molecule has 1 N–H and O–H groups in total. The molecule has 4 nitrogen and oxygen atoms in total. The Balaban J connectivity index is 2.15. The van der Waals surface area contributed by atoms with Crippen LogP contribution >= 0.6 is 0 Å². The second-order valence-electron chi connectivity index (χ2n) is 5.18. The Hall–Kier alpha value is -1.26. The molecule has 4 heteroatoms. The Morgan fingerprint density at radius 3 is 2.95 bits per heavy atom. The number of nitrogens with one attached hydrogen (secondary N) is 1. The third-order valence-corrected chi connectivity index (χ3v) is 3.57. The predicted molar refractivity (Wildman–Crippen MR) is 79.6 cm³/mol. The van der Waals surface area contributed by atoms with Gasteiger partial charge in [0.25, 0.3) is 0 Å². The standard InChI is InChI=1S/C16H25NO3/c1-4-8-17-12(2)15-6-5-13(18-3)10-16(15)20-14-7-9-19-11-14/h5-6,10,12,14,17H,4,7-9,11H2,1-3H3. The minimum Gasteiger partial charge on any atom is -0.497 e. The van der Waals surface area contributed by atoms with Crippen LogP contribution in [0.15, 0.2) is 18.2 Å². The minimum absolute atomic E-state index is 0.152. The number of rotatable bonds is 7. The van der Waals surface area contributed by atoms with E-state index in [2.05, 4.69) is 25.2 Å². The van der Waals surface area contributed by atoms with Crippen molar-refractivity contribution in [3.63, 3.8) is 0 Å². The van der Waals surface area contributed by atoms with Gasteiger partial charge in [-0.1, -0.05) is 13.0 Å². The zero-order valence-corrected chi connectivity index (χ0v) is 12.6. The zero-order chi connectivity index (χ0) is 14.4. The van der Waals surface area contributed by atoms with Gasteiger partial charge in [0.2, 0.25) is 0 Å². The summed E-state index contributed by atoms with van der Waals surface area (Å²) in [7, 11) is 1.68. The first-order chi connectivity index (χ1) is 9.74. The SMILES string of the molecule is CCCNC(C)c1ccc(OC)cc1OC1CCOC1. The highest BCUT2D eigenvalue weighted by atomic mass is 16.5. The molecule has 0 amide bonds. The molecule has 1 aliphatic rings. The maximum Gasteiger partial charge on any atom is 0.128 e. The van der Waals surface area contributed by atoms with E-state index in [1.807, 2.05) is 12.1 Å². The molecule has 1 aliphatic heterocycles. The van der Waals surface area contributed by atoms with Crippen LogP contribution in [-0.2, 0) is 4.74 Å². The summed E-state index contributed by atoms with van der Waals surface area (Å²) in [4.78, 5) is 0. The van der Waals surface area contributed by atoms with Crippen LogP contribution in [0.1, 0.15) is 38.3 Å². The fourth-order valence-corrected chi connectivity index (χ4v) is 2.36. The molecule has 1 fully saturated rings. The van der Waals surface area contributed by atoms with Crippen molar-refractivity contribution >= 4 is 0 Å². The lowest BCUT2D eigenvalue weighted by Crippen LogP contribution is -2.22. The maximum atomic E-state index is 6.11. The third-order valence-electron chi connectivity index (χ3n) is 3.57. The highest BCUT2D eigenvalue weighted by Crippen LogP contribution is 2.31. The number of hydrogen-bond donors (Lipinski definition) is 1. The summed E-state index contributed by atoms with van der Waals surface area (Å²) in [6, 6.07) is 6.30. The van der Waals surface area contributed by atoms with Crippen LogP contribution in [0.2, 0.25) is 0 Å². The van der Waals surface area contributed by atoms with Gasteiger partial charge >= 0.3 is 0 Å². The molecule has 0 radical (unpaired) electrons. The molecule has 112 valence electrons. The summed E-state index contributed by atoms with van der Waals surface area (Å²) < 4.78 is 16.8. The number of methoxy groups -OCH3 is 1. The molecular formula is C16H25NO3. The highest BCUT2D eigenvalue weighted by Gasteiger charge is 2.20. The summed E-state index contributed by atoms with van der Waals surface area (Å²) in [5, 5.41) is 3.50. The first-order valence-corrected chi connectivity index (χ1v) is 7.40. The Morgan fingerprint density at radius 2 is 2.30 bits per heavy atom. The molecule has 1 aromatic rings. The Morgan fingerprint density at radius 1 is 1.45 bits per heavy atom. The molecule has 0 bridgehead atoms. The van der Waals surface area contributed by atoms with Crippen molar-refractivity contribution in [1.82, 2.24) is 5.32 Å². The Kier molecular flexibility index (Phi) is 5.68. The zero-order valence-electron chi connectivity index (χ0n) is 12.6. The molecule has 2 atom stereocenters. The number of hydrogen-bond acceptors (Lipinski definition) is 4. The average Bonchev–Trinajstić information content (AvgIpc) is 2.97.